The van der Waals surface area contributed by atoms with Crippen LogP contribution in [0.5, 0.6) is 0 Å². The second-order valence-electron chi connectivity index (χ2n) is 2.68. The lowest BCUT2D eigenvalue weighted by atomic mass is 10.2. The van der Waals surface area contributed by atoms with Crippen LogP contribution in [0.2, 0.25) is 5.02 Å². The minimum Gasteiger partial charge on any atom is -0.258 e. The van der Waals surface area contributed by atoms with Crippen molar-refractivity contribution in [3.05, 3.63) is 33.3 Å². The molecule has 0 atom stereocenters. The van der Waals surface area contributed by atoms with Gasteiger partial charge in [0.05, 0.1) is 9.13 Å². The minimum absolute atomic E-state index is 0.0645. The zero-order valence-corrected chi connectivity index (χ0v) is 9.20. The molecule has 6 heteroatoms. The van der Waals surface area contributed by atoms with Crippen molar-refractivity contribution in [3.8, 4) is 0 Å². The molecule has 0 spiro atoms. The number of nitro groups is 1. The van der Waals surface area contributed by atoms with Gasteiger partial charge in [-0.2, -0.15) is 0 Å². The number of nitro benzene ring substituents is 1. The Bertz CT molecular complexity index is 523. The molecule has 0 bridgehead atoms. The van der Waals surface area contributed by atoms with Crippen molar-refractivity contribution in [3.63, 3.8) is 0 Å². The number of rotatable bonds is 1. The van der Waals surface area contributed by atoms with E-state index < -0.39 is 4.92 Å². The fourth-order valence-corrected chi connectivity index (χ4v) is 2.73. The second kappa shape index (κ2) is 3.42. The van der Waals surface area contributed by atoms with Gasteiger partial charge in [0.1, 0.15) is 5.02 Å². The fourth-order valence-electron chi connectivity index (χ4n) is 1.18. The van der Waals surface area contributed by atoms with E-state index >= 15 is 0 Å². The highest BCUT2D eigenvalue weighted by atomic mass is 35.5. The average molecular weight is 246 g/mol. The molecule has 0 amide bonds. The van der Waals surface area contributed by atoms with Crippen LogP contribution in [0.4, 0.5) is 5.69 Å². The summed E-state index contributed by atoms with van der Waals surface area (Å²) in [4.78, 5) is 10.1. The van der Waals surface area contributed by atoms with Crippen LogP contribution in [0, 0.1) is 10.1 Å². The van der Waals surface area contributed by atoms with Gasteiger partial charge in [-0.1, -0.05) is 11.6 Å². The van der Waals surface area contributed by atoms with Gasteiger partial charge in [0.15, 0.2) is 0 Å². The standard InChI is InChI=1S/C8H4ClNO2S2/c9-5-3-7-4(2-8(13)14-7)1-6(5)10(11)12/h1-3,13H. The number of benzene rings is 1. The Balaban J connectivity index is 2.76. The van der Waals surface area contributed by atoms with Crippen molar-refractivity contribution in [1.29, 1.82) is 0 Å². The third-order valence-corrected chi connectivity index (χ3v) is 3.38. The van der Waals surface area contributed by atoms with Gasteiger partial charge in [0.2, 0.25) is 0 Å². The molecule has 1 aromatic heterocycles. The van der Waals surface area contributed by atoms with Gasteiger partial charge in [0, 0.05) is 16.2 Å². The van der Waals surface area contributed by atoms with Crippen LogP contribution in [-0.2, 0) is 0 Å². The van der Waals surface area contributed by atoms with Crippen LogP contribution >= 0.6 is 35.6 Å². The Morgan fingerprint density at radius 2 is 2.14 bits per heavy atom. The van der Waals surface area contributed by atoms with Crippen LogP contribution < -0.4 is 0 Å². The number of fused-ring (bicyclic) bond motifs is 1. The summed E-state index contributed by atoms with van der Waals surface area (Å²) in [6, 6.07) is 4.85. The normalized spacial score (nSPS) is 10.7. The third-order valence-electron chi connectivity index (χ3n) is 1.77. The number of thiol groups is 1. The fraction of sp³-hybridized carbons (Fsp3) is 0. The highest BCUT2D eigenvalue weighted by Crippen LogP contribution is 2.35. The molecule has 1 aromatic carbocycles. The molecule has 3 nitrogen and oxygen atoms in total. The van der Waals surface area contributed by atoms with Crippen molar-refractivity contribution in [2.75, 3.05) is 0 Å². The van der Waals surface area contributed by atoms with Crippen LogP contribution in [0.15, 0.2) is 22.4 Å². The van der Waals surface area contributed by atoms with Gasteiger partial charge < -0.3 is 0 Å². The SMILES string of the molecule is O=[N+]([O-])c1cc2cc(S)sc2cc1Cl. The Kier molecular flexibility index (Phi) is 2.38. The van der Waals surface area contributed by atoms with Crippen molar-refractivity contribution in [1.82, 2.24) is 0 Å². The Morgan fingerprint density at radius 3 is 2.79 bits per heavy atom. The summed E-state index contributed by atoms with van der Waals surface area (Å²) in [5, 5.41) is 11.5. The summed E-state index contributed by atoms with van der Waals surface area (Å²) in [5.41, 5.74) is -0.0645. The van der Waals surface area contributed by atoms with Gasteiger partial charge >= 0.3 is 0 Å². The van der Waals surface area contributed by atoms with E-state index in [0.717, 1.165) is 14.3 Å². The number of thiophene rings is 1. The zero-order chi connectivity index (χ0) is 10.3. The molecular formula is C8H4ClNO2S2. The third kappa shape index (κ3) is 1.58. The van der Waals surface area contributed by atoms with Crippen molar-refractivity contribution in [2.24, 2.45) is 0 Å². The van der Waals surface area contributed by atoms with E-state index in [1.807, 2.05) is 0 Å². The molecule has 72 valence electrons. The lowest BCUT2D eigenvalue weighted by Crippen LogP contribution is -1.87. The number of hydrogen-bond donors (Lipinski definition) is 1. The van der Waals surface area contributed by atoms with E-state index in [9.17, 15) is 10.1 Å². The summed E-state index contributed by atoms with van der Waals surface area (Å²) in [6.45, 7) is 0. The highest BCUT2D eigenvalue weighted by molar-refractivity contribution is 7.83. The topological polar surface area (TPSA) is 43.1 Å². The van der Waals surface area contributed by atoms with Crippen LogP contribution in [-0.4, -0.2) is 4.92 Å². The molecule has 1 heterocycles. The lowest BCUT2D eigenvalue weighted by molar-refractivity contribution is -0.384. The first kappa shape index (κ1) is 9.76. The summed E-state index contributed by atoms with van der Waals surface area (Å²) in [7, 11) is 0. The first-order chi connectivity index (χ1) is 6.58. The van der Waals surface area contributed by atoms with Gasteiger partial charge in [0.25, 0.3) is 5.69 Å². The quantitative estimate of drug-likeness (QED) is 0.472. The summed E-state index contributed by atoms with van der Waals surface area (Å²) in [6.07, 6.45) is 0. The van der Waals surface area contributed by atoms with Gasteiger partial charge in [-0.05, 0) is 12.1 Å². The second-order valence-corrected chi connectivity index (χ2v) is 4.96. The van der Waals surface area contributed by atoms with Crippen molar-refractivity contribution >= 4 is 51.3 Å². The van der Waals surface area contributed by atoms with Gasteiger partial charge in [-0.3, -0.25) is 10.1 Å². The van der Waals surface area contributed by atoms with E-state index in [1.54, 1.807) is 12.1 Å². The molecule has 0 aliphatic rings. The molecular weight excluding hydrogens is 242 g/mol. The average Bonchev–Trinajstić information content (AvgIpc) is 2.42. The first-order valence-corrected chi connectivity index (χ1v) is 5.28. The van der Waals surface area contributed by atoms with E-state index in [1.165, 1.54) is 17.4 Å². The maximum Gasteiger partial charge on any atom is 0.288 e. The van der Waals surface area contributed by atoms with E-state index in [2.05, 4.69) is 12.6 Å². The molecule has 0 aliphatic carbocycles. The van der Waals surface area contributed by atoms with E-state index in [4.69, 9.17) is 11.6 Å². The lowest BCUT2D eigenvalue weighted by Gasteiger charge is -1.94. The van der Waals surface area contributed by atoms with Crippen LogP contribution in [0.1, 0.15) is 0 Å². The molecule has 14 heavy (non-hydrogen) atoms. The van der Waals surface area contributed by atoms with E-state index in [0.29, 0.717) is 0 Å². The molecule has 0 N–H and O–H groups in total. The largest absolute Gasteiger partial charge is 0.288 e. The number of halogens is 1. The maximum atomic E-state index is 10.6. The van der Waals surface area contributed by atoms with E-state index in [-0.39, 0.29) is 10.7 Å². The number of hydrogen-bond acceptors (Lipinski definition) is 4. The van der Waals surface area contributed by atoms with Crippen LogP contribution in [0.25, 0.3) is 10.1 Å². The molecule has 2 aromatic rings. The summed E-state index contributed by atoms with van der Waals surface area (Å²) in [5.74, 6) is 0. The monoisotopic (exact) mass is 245 g/mol. The molecule has 0 saturated heterocycles. The molecule has 0 radical (unpaired) electrons. The van der Waals surface area contributed by atoms with Crippen molar-refractivity contribution < 1.29 is 4.92 Å². The smallest absolute Gasteiger partial charge is 0.258 e. The Morgan fingerprint density at radius 1 is 1.43 bits per heavy atom. The first-order valence-electron chi connectivity index (χ1n) is 3.64. The molecule has 0 fully saturated rings. The molecule has 2 rings (SSSR count). The van der Waals surface area contributed by atoms with Gasteiger partial charge in [-0.25, -0.2) is 0 Å². The van der Waals surface area contributed by atoms with Crippen molar-refractivity contribution in [2.45, 2.75) is 4.21 Å². The maximum absolute atomic E-state index is 10.6. The van der Waals surface area contributed by atoms with Crippen LogP contribution in [0.3, 0.4) is 0 Å². The Hall–Kier alpha value is -0.780. The summed E-state index contributed by atoms with van der Waals surface area (Å²) >= 11 is 11.4. The molecule has 0 unspecified atom stereocenters. The summed E-state index contributed by atoms with van der Waals surface area (Å²) < 4.78 is 1.72. The predicted octanol–water partition coefficient (Wildman–Crippen LogP) is 3.75. The Labute approximate surface area is 93.9 Å². The minimum atomic E-state index is -0.488. The number of nitrogens with zero attached hydrogens (tertiary/aromatic N) is 1. The zero-order valence-electron chi connectivity index (χ0n) is 6.73. The van der Waals surface area contributed by atoms with Gasteiger partial charge in [-0.15, -0.1) is 24.0 Å². The predicted molar refractivity (Wildman–Crippen MR) is 60.7 cm³/mol. The molecule has 0 aliphatic heterocycles. The highest BCUT2D eigenvalue weighted by Gasteiger charge is 2.14. The molecule has 0 saturated carbocycles.